The minimum atomic E-state index is -3.45. The van der Waals surface area contributed by atoms with Gasteiger partial charge in [-0.1, -0.05) is 30.6 Å². The van der Waals surface area contributed by atoms with Gasteiger partial charge < -0.3 is 10.6 Å². The van der Waals surface area contributed by atoms with Crippen molar-refractivity contribution in [1.82, 2.24) is 9.87 Å². The van der Waals surface area contributed by atoms with Crippen molar-refractivity contribution in [3.63, 3.8) is 0 Å². The SMILES string of the molecule is O=c1c(NCCCCCS(=O)(=O)NOCC2CCCCC2)c(Nc2ccncc2)c1=O. The Labute approximate surface area is 182 Å². The Balaban J connectivity index is 1.31. The molecule has 0 bridgehead atoms. The summed E-state index contributed by atoms with van der Waals surface area (Å²) >= 11 is 0. The molecular weight excluding hydrogens is 420 g/mol. The van der Waals surface area contributed by atoms with Gasteiger partial charge in [-0.05, 0) is 43.7 Å². The molecule has 1 aliphatic rings. The molecule has 2 aromatic rings. The smallest absolute Gasteiger partial charge is 0.253 e. The van der Waals surface area contributed by atoms with E-state index in [2.05, 4.69) is 20.5 Å². The highest BCUT2D eigenvalue weighted by Gasteiger charge is 2.20. The van der Waals surface area contributed by atoms with Gasteiger partial charge in [-0.25, -0.2) is 8.42 Å². The first-order chi connectivity index (χ1) is 15.0. The van der Waals surface area contributed by atoms with Gasteiger partial charge in [-0.15, -0.1) is 0 Å². The summed E-state index contributed by atoms with van der Waals surface area (Å²) in [6.45, 7) is 0.905. The lowest BCUT2D eigenvalue weighted by Crippen LogP contribution is -2.36. The van der Waals surface area contributed by atoms with E-state index in [1.54, 1.807) is 24.5 Å². The minimum Gasteiger partial charge on any atom is -0.380 e. The largest absolute Gasteiger partial charge is 0.380 e. The molecule has 1 aromatic heterocycles. The van der Waals surface area contributed by atoms with E-state index in [4.69, 9.17) is 4.84 Å². The molecule has 9 nitrogen and oxygen atoms in total. The Morgan fingerprint density at radius 2 is 1.68 bits per heavy atom. The minimum absolute atomic E-state index is 0.00731. The quantitative estimate of drug-likeness (QED) is 0.241. The molecule has 1 fully saturated rings. The summed E-state index contributed by atoms with van der Waals surface area (Å²) < 4.78 is 24.0. The van der Waals surface area contributed by atoms with Gasteiger partial charge in [0, 0.05) is 24.6 Å². The van der Waals surface area contributed by atoms with Crippen LogP contribution in [0.4, 0.5) is 17.1 Å². The number of sulfonamides is 1. The number of rotatable bonds is 13. The van der Waals surface area contributed by atoms with Crippen molar-refractivity contribution < 1.29 is 13.3 Å². The van der Waals surface area contributed by atoms with E-state index in [-0.39, 0.29) is 17.1 Å². The molecule has 1 aliphatic carbocycles. The lowest BCUT2D eigenvalue weighted by atomic mass is 9.90. The van der Waals surface area contributed by atoms with Gasteiger partial charge in [-0.2, -0.15) is 0 Å². The molecular formula is C21H30N4O5S. The first-order valence-corrected chi connectivity index (χ1v) is 12.5. The number of nitrogens with one attached hydrogen (secondary N) is 3. The summed E-state index contributed by atoms with van der Waals surface area (Å²) in [5.74, 6) is 0.433. The zero-order chi connectivity index (χ0) is 22.1. The summed E-state index contributed by atoms with van der Waals surface area (Å²) in [5.41, 5.74) is 0.0991. The van der Waals surface area contributed by atoms with Gasteiger partial charge in [0.25, 0.3) is 10.9 Å². The molecule has 0 atom stereocenters. The van der Waals surface area contributed by atoms with Gasteiger partial charge >= 0.3 is 0 Å². The van der Waals surface area contributed by atoms with Gasteiger partial charge in [0.05, 0.1) is 12.4 Å². The van der Waals surface area contributed by atoms with Crippen LogP contribution in [0.15, 0.2) is 34.1 Å². The van der Waals surface area contributed by atoms with E-state index in [0.717, 1.165) is 12.8 Å². The molecule has 0 spiro atoms. The van der Waals surface area contributed by atoms with Gasteiger partial charge in [0.2, 0.25) is 10.0 Å². The van der Waals surface area contributed by atoms with Crippen LogP contribution in [0.5, 0.6) is 0 Å². The standard InChI is InChI=1S/C21H30N4O5S/c26-20-18(19(21(20)27)24-17-9-12-22-13-10-17)23-11-5-2-6-14-31(28,29)25-30-15-16-7-3-1-4-8-16/h9-10,12-13,16,23,25H,1-8,11,14-15H2,(H,22,24). The second kappa shape index (κ2) is 11.4. The van der Waals surface area contributed by atoms with Crippen molar-refractivity contribution in [3.8, 4) is 0 Å². The highest BCUT2D eigenvalue weighted by Crippen LogP contribution is 2.23. The van der Waals surface area contributed by atoms with Crippen LogP contribution in [0.25, 0.3) is 0 Å². The Bertz CT molecular complexity index is 997. The average molecular weight is 451 g/mol. The molecule has 0 amide bonds. The van der Waals surface area contributed by atoms with Gasteiger partial charge in [0.15, 0.2) is 0 Å². The zero-order valence-corrected chi connectivity index (χ0v) is 18.4. The highest BCUT2D eigenvalue weighted by molar-refractivity contribution is 7.89. The van der Waals surface area contributed by atoms with Crippen LogP contribution in [0.3, 0.4) is 0 Å². The van der Waals surface area contributed by atoms with Crippen LogP contribution >= 0.6 is 0 Å². The van der Waals surface area contributed by atoms with Crippen molar-refractivity contribution in [2.24, 2.45) is 5.92 Å². The van der Waals surface area contributed by atoms with Crippen molar-refractivity contribution in [1.29, 1.82) is 0 Å². The van der Waals surface area contributed by atoms with E-state index >= 15 is 0 Å². The third-order valence-electron chi connectivity index (χ3n) is 5.48. The topological polar surface area (TPSA) is 126 Å². The molecule has 0 saturated heterocycles. The number of aromatic nitrogens is 1. The molecule has 1 heterocycles. The third-order valence-corrected chi connectivity index (χ3v) is 6.68. The molecule has 31 heavy (non-hydrogen) atoms. The molecule has 0 aliphatic heterocycles. The van der Waals surface area contributed by atoms with Crippen LogP contribution in [-0.4, -0.2) is 32.3 Å². The Morgan fingerprint density at radius 1 is 0.968 bits per heavy atom. The predicted octanol–water partition coefficient (Wildman–Crippen LogP) is 2.43. The number of hydrogen-bond acceptors (Lipinski definition) is 8. The maximum Gasteiger partial charge on any atom is 0.253 e. The molecule has 170 valence electrons. The number of hydrogen-bond donors (Lipinski definition) is 3. The second-order valence-corrected chi connectivity index (χ2v) is 9.78. The van der Waals surface area contributed by atoms with Crippen molar-refractivity contribution in [3.05, 3.63) is 45.0 Å². The second-order valence-electron chi connectivity index (χ2n) is 7.97. The van der Waals surface area contributed by atoms with Crippen LogP contribution in [0.2, 0.25) is 0 Å². The first-order valence-electron chi connectivity index (χ1n) is 10.8. The Morgan fingerprint density at radius 3 is 2.42 bits per heavy atom. The van der Waals surface area contributed by atoms with E-state index in [1.807, 2.05) is 0 Å². The van der Waals surface area contributed by atoms with Crippen LogP contribution < -0.4 is 26.4 Å². The molecule has 3 N–H and O–H groups in total. The maximum atomic E-state index is 12.0. The molecule has 3 rings (SSSR count). The van der Waals surface area contributed by atoms with Crippen molar-refractivity contribution >= 4 is 27.1 Å². The lowest BCUT2D eigenvalue weighted by Gasteiger charge is -2.21. The number of anilines is 3. The Kier molecular flexibility index (Phi) is 8.56. The fourth-order valence-electron chi connectivity index (χ4n) is 3.70. The van der Waals surface area contributed by atoms with Crippen molar-refractivity contribution in [2.45, 2.75) is 51.4 Å². The summed E-state index contributed by atoms with van der Waals surface area (Å²) in [5, 5.41) is 5.91. The number of pyridine rings is 1. The summed E-state index contributed by atoms with van der Waals surface area (Å²) in [6, 6.07) is 3.40. The van der Waals surface area contributed by atoms with Crippen molar-refractivity contribution in [2.75, 3.05) is 29.5 Å². The number of unbranched alkanes of at least 4 members (excludes halogenated alkanes) is 2. The molecule has 10 heteroatoms. The molecule has 0 radical (unpaired) electrons. The Hall–Kier alpha value is -2.30. The van der Waals surface area contributed by atoms with Crippen LogP contribution in [0, 0.1) is 5.92 Å². The highest BCUT2D eigenvalue weighted by atomic mass is 32.2. The summed E-state index contributed by atoms with van der Waals surface area (Å²) in [6.07, 6.45) is 10.8. The number of nitrogens with zero attached hydrogens (tertiary/aromatic N) is 1. The zero-order valence-electron chi connectivity index (χ0n) is 17.6. The van der Waals surface area contributed by atoms with E-state index in [0.29, 0.717) is 44.0 Å². The van der Waals surface area contributed by atoms with E-state index in [9.17, 15) is 18.0 Å². The molecule has 1 saturated carbocycles. The van der Waals surface area contributed by atoms with E-state index < -0.39 is 20.9 Å². The van der Waals surface area contributed by atoms with Gasteiger partial charge in [-0.3, -0.25) is 19.4 Å². The van der Waals surface area contributed by atoms with Crippen LogP contribution in [-0.2, 0) is 14.9 Å². The normalized spacial score (nSPS) is 15.2. The third kappa shape index (κ3) is 7.12. The molecule has 0 unspecified atom stereocenters. The summed E-state index contributed by atoms with van der Waals surface area (Å²) in [7, 11) is -3.45. The molecule has 1 aromatic carbocycles. The van der Waals surface area contributed by atoms with Crippen LogP contribution in [0.1, 0.15) is 51.4 Å². The fraction of sp³-hybridized carbons (Fsp3) is 0.571. The monoisotopic (exact) mass is 450 g/mol. The fourth-order valence-corrected chi connectivity index (χ4v) is 4.62. The van der Waals surface area contributed by atoms with E-state index in [1.165, 1.54) is 19.3 Å². The first kappa shape index (κ1) is 23.4. The average Bonchev–Trinajstić information content (AvgIpc) is 2.78. The predicted molar refractivity (Wildman–Crippen MR) is 121 cm³/mol. The van der Waals surface area contributed by atoms with Gasteiger partial charge in [0.1, 0.15) is 11.4 Å². The summed E-state index contributed by atoms with van der Waals surface area (Å²) in [4.78, 5) is 34.9. The lowest BCUT2D eigenvalue weighted by molar-refractivity contribution is 0.0519. The maximum absolute atomic E-state index is 12.0.